The van der Waals surface area contributed by atoms with E-state index in [2.05, 4.69) is 10.6 Å². The number of hydrogen-bond acceptors (Lipinski definition) is 2. The van der Waals surface area contributed by atoms with Crippen molar-refractivity contribution >= 4 is 17.5 Å². The van der Waals surface area contributed by atoms with Crippen LogP contribution in [0, 0.1) is 11.6 Å². The lowest BCUT2D eigenvalue weighted by molar-refractivity contribution is -0.126. The van der Waals surface area contributed by atoms with E-state index < -0.39 is 29.9 Å². The minimum atomic E-state index is -0.877. The first-order chi connectivity index (χ1) is 8.52. The number of carbonyl (C=O) groups is 2. The third kappa shape index (κ3) is 4.48. The van der Waals surface area contributed by atoms with Crippen molar-refractivity contribution in [1.82, 2.24) is 5.32 Å². The van der Waals surface area contributed by atoms with Crippen molar-refractivity contribution in [2.24, 2.45) is 0 Å². The first-order valence-electron chi connectivity index (χ1n) is 5.54. The fourth-order valence-corrected chi connectivity index (χ4v) is 1.26. The Morgan fingerprint density at radius 1 is 1.22 bits per heavy atom. The SMILES string of the molecule is CCCNC(=O)CC(=O)Nc1ccc(F)cc1F. The van der Waals surface area contributed by atoms with Gasteiger partial charge < -0.3 is 10.6 Å². The van der Waals surface area contributed by atoms with Gasteiger partial charge in [-0.15, -0.1) is 0 Å². The van der Waals surface area contributed by atoms with Crippen molar-refractivity contribution in [2.75, 3.05) is 11.9 Å². The van der Waals surface area contributed by atoms with Gasteiger partial charge in [0.1, 0.15) is 18.1 Å². The maximum absolute atomic E-state index is 13.2. The van der Waals surface area contributed by atoms with Gasteiger partial charge in [-0.2, -0.15) is 0 Å². The molecular formula is C12H14F2N2O2. The zero-order chi connectivity index (χ0) is 13.5. The highest BCUT2D eigenvalue weighted by atomic mass is 19.1. The third-order valence-corrected chi connectivity index (χ3v) is 2.10. The molecule has 0 aliphatic rings. The fraction of sp³-hybridized carbons (Fsp3) is 0.333. The van der Waals surface area contributed by atoms with E-state index in [9.17, 15) is 18.4 Å². The molecule has 0 radical (unpaired) electrons. The fourth-order valence-electron chi connectivity index (χ4n) is 1.26. The molecule has 1 aromatic carbocycles. The second-order valence-corrected chi connectivity index (χ2v) is 3.70. The quantitative estimate of drug-likeness (QED) is 0.789. The van der Waals surface area contributed by atoms with Crippen LogP contribution in [0.1, 0.15) is 19.8 Å². The normalized spacial score (nSPS) is 9.94. The van der Waals surface area contributed by atoms with Crippen molar-refractivity contribution in [3.8, 4) is 0 Å². The molecule has 4 nitrogen and oxygen atoms in total. The maximum Gasteiger partial charge on any atom is 0.233 e. The first kappa shape index (κ1) is 14.1. The summed E-state index contributed by atoms with van der Waals surface area (Å²) in [6, 6.07) is 2.79. The lowest BCUT2D eigenvalue weighted by Gasteiger charge is -2.06. The van der Waals surface area contributed by atoms with E-state index in [1.165, 1.54) is 0 Å². The monoisotopic (exact) mass is 256 g/mol. The molecule has 0 aromatic heterocycles. The Kier molecular flexibility index (Phi) is 5.23. The maximum atomic E-state index is 13.2. The Labute approximate surface area is 103 Å². The van der Waals surface area contributed by atoms with Gasteiger partial charge in [0.15, 0.2) is 0 Å². The van der Waals surface area contributed by atoms with E-state index in [1.807, 2.05) is 6.92 Å². The van der Waals surface area contributed by atoms with Gasteiger partial charge >= 0.3 is 0 Å². The van der Waals surface area contributed by atoms with Crippen molar-refractivity contribution in [3.63, 3.8) is 0 Å². The molecule has 0 spiro atoms. The average Bonchev–Trinajstić information content (AvgIpc) is 2.30. The van der Waals surface area contributed by atoms with Gasteiger partial charge in [-0.25, -0.2) is 8.78 Å². The summed E-state index contributed by atoms with van der Waals surface area (Å²) in [6.45, 7) is 2.37. The topological polar surface area (TPSA) is 58.2 Å². The van der Waals surface area contributed by atoms with Crippen LogP contribution in [0.4, 0.5) is 14.5 Å². The van der Waals surface area contributed by atoms with E-state index in [1.54, 1.807) is 0 Å². The Morgan fingerprint density at radius 2 is 1.94 bits per heavy atom. The van der Waals surface area contributed by atoms with Gasteiger partial charge in [0.25, 0.3) is 0 Å². The highest BCUT2D eigenvalue weighted by molar-refractivity contribution is 6.03. The van der Waals surface area contributed by atoms with Crippen LogP contribution in [-0.4, -0.2) is 18.4 Å². The number of benzene rings is 1. The van der Waals surface area contributed by atoms with Crippen molar-refractivity contribution in [2.45, 2.75) is 19.8 Å². The molecule has 0 unspecified atom stereocenters. The molecule has 0 bridgehead atoms. The molecule has 98 valence electrons. The second-order valence-electron chi connectivity index (χ2n) is 3.70. The van der Waals surface area contributed by atoms with Crippen LogP contribution < -0.4 is 10.6 Å². The van der Waals surface area contributed by atoms with Gasteiger partial charge in [-0.05, 0) is 18.6 Å². The molecule has 0 atom stereocenters. The summed E-state index contributed by atoms with van der Waals surface area (Å²) in [7, 11) is 0. The number of rotatable bonds is 5. The molecule has 2 N–H and O–H groups in total. The standard InChI is InChI=1S/C12H14F2N2O2/c1-2-5-15-11(17)7-12(18)16-10-4-3-8(13)6-9(10)14/h3-4,6H,2,5,7H2,1H3,(H,15,17)(H,16,18). The van der Waals surface area contributed by atoms with Gasteiger partial charge in [-0.3, -0.25) is 9.59 Å². The minimum Gasteiger partial charge on any atom is -0.356 e. The Morgan fingerprint density at radius 3 is 2.56 bits per heavy atom. The summed E-state index contributed by atoms with van der Waals surface area (Å²) >= 11 is 0. The predicted octanol–water partition coefficient (Wildman–Crippen LogP) is 1.82. The molecule has 0 aliphatic heterocycles. The van der Waals surface area contributed by atoms with E-state index in [4.69, 9.17) is 0 Å². The molecule has 18 heavy (non-hydrogen) atoms. The van der Waals surface area contributed by atoms with E-state index >= 15 is 0 Å². The van der Waals surface area contributed by atoms with Crippen molar-refractivity contribution < 1.29 is 18.4 Å². The summed E-state index contributed by atoms with van der Waals surface area (Å²) in [6.07, 6.45) is 0.372. The molecule has 0 heterocycles. The smallest absolute Gasteiger partial charge is 0.233 e. The lowest BCUT2D eigenvalue weighted by Crippen LogP contribution is -2.28. The number of hydrogen-bond donors (Lipinski definition) is 2. The van der Waals surface area contributed by atoms with Crippen LogP contribution in [-0.2, 0) is 9.59 Å². The summed E-state index contributed by atoms with van der Waals surface area (Å²) in [4.78, 5) is 22.6. The zero-order valence-corrected chi connectivity index (χ0v) is 9.93. The molecule has 6 heteroatoms. The van der Waals surface area contributed by atoms with Crippen LogP contribution in [0.5, 0.6) is 0 Å². The van der Waals surface area contributed by atoms with Gasteiger partial charge in [0, 0.05) is 12.6 Å². The molecule has 1 rings (SSSR count). The number of anilines is 1. The summed E-state index contributed by atoms with van der Waals surface area (Å²) in [5, 5.41) is 4.72. The lowest BCUT2D eigenvalue weighted by atomic mass is 10.2. The number of halogens is 2. The molecular weight excluding hydrogens is 242 g/mol. The van der Waals surface area contributed by atoms with Gasteiger partial charge in [0.05, 0.1) is 5.69 Å². The van der Waals surface area contributed by atoms with Crippen LogP contribution in [0.2, 0.25) is 0 Å². The first-order valence-corrected chi connectivity index (χ1v) is 5.54. The molecule has 0 fully saturated rings. The van der Waals surface area contributed by atoms with Crippen LogP contribution >= 0.6 is 0 Å². The minimum absolute atomic E-state index is 0.148. The van der Waals surface area contributed by atoms with E-state index in [-0.39, 0.29) is 5.69 Å². The third-order valence-electron chi connectivity index (χ3n) is 2.10. The van der Waals surface area contributed by atoms with Crippen LogP contribution in [0.25, 0.3) is 0 Å². The Bertz CT molecular complexity index is 450. The number of amides is 2. The summed E-state index contributed by atoms with van der Waals surface area (Å²) < 4.78 is 25.8. The highest BCUT2D eigenvalue weighted by Crippen LogP contribution is 2.14. The molecule has 0 saturated carbocycles. The zero-order valence-electron chi connectivity index (χ0n) is 9.93. The number of nitrogens with one attached hydrogen (secondary N) is 2. The number of carbonyl (C=O) groups excluding carboxylic acids is 2. The molecule has 0 aliphatic carbocycles. The molecule has 2 amide bonds. The summed E-state index contributed by atoms with van der Waals surface area (Å²) in [5.41, 5.74) is -0.148. The van der Waals surface area contributed by atoms with E-state index in [0.29, 0.717) is 12.6 Å². The largest absolute Gasteiger partial charge is 0.356 e. The molecule has 0 saturated heterocycles. The van der Waals surface area contributed by atoms with Gasteiger partial charge in [-0.1, -0.05) is 6.92 Å². The Balaban J connectivity index is 2.51. The summed E-state index contributed by atoms with van der Waals surface area (Å²) in [5.74, 6) is -2.69. The second kappa shape index (κ2) is 6.68. The van der Waals surface area contributed by atoms with Crippen molar-refractivity contribution in [3.05, 3.63) is 29.8 Å². The van der Waals surface area contributed by atoms with Crippen LogP contribution in [0.3, 0.4) is 0 Å². The van der Waals surface area contributed by atoms with Crippen LogP contribution in [0.15, 0.2) is 18.2 Å². The van der Waals surface area contributed by atoms with Crippen molar-refractivity contribution in [1.29, 1.82) is 0 Å². The van der Waals surface area contributed by atoms with Gasteiger partial charge in [0.2, 0.25) is 11.8 Å². The Hall–Kier alpha value is -1.98. The molecule has 1 aromatic rings. The predicted molar refractivity (Wildman–Crippen MR) is 62.9 cm³/mol. The van der Waals surface area contributed by atoms with E-state index in [0.717, 1.165) is 18.6 Å². The average molecular weight is 256 g/mol. The highest BCUT2D eigenvalue weighted by Gasteiger charge is 2.11.